The van der Waals surface area contributed by atoms with Crippen LogP contribution in [0.3, 0.4) is 0 Å². The van der Waals surface area contributed by atoms with Crippen molar-refractivity contribution in [2.75, 3.05) is 6.54 Å². The predicted molar refractivity (Wildman–Crippen MR) is 74.5 cm³/mol. The summed E-state index contributed by atoms with van der Waals surface area (Å²) < 4.78 is 5.04. The van der Waals surface area contributed by atoms with Gasteiger partial charge in [-0.15, -0.1) is 0 Å². The van der Waals surface area contributed by atoms with Gasteiger partial charge in [0.25, 0.3) is 0 Å². The van der Waals surface area contributed by atoms with Gasteiger partial charge in [0.1, 0.15) is 0 Å². The molecule has 1 aliphatic rings. The topological polar surface area (TPSA) is 53.7 Å². The fraction of sp³-hybridized carbons (Fsp3) is 0.312. The zero-order valence-electron chi connectivity index (χ0n) is 11.2. The van der Waals surface area contributed by atoms with Crippen LogP contribution in [-0.2, 0) is 19.5 Å². The number of aryl methyl sites for hydroxylation is 1. The Bertz CT molecular complexity index is 618. The van der Waals surface area contributed by atoms with E-state index in [-0.39, 0.29) is 5.76 Å². The molecule has 2 heterocycles. The van der Waals surface area contributed by atoms with Gasteiger partial charge in [0, 0.05) is 18.7 Å². The van der Waals surface area contributed by atoms with Crippen molar-refractivity contribution in [2.24, 2.45) is 0 Å². The lowest BCUT2D eigenvalue weighted by Gasteiger charge is -2.19. The summed E-state index contributed by atoms with van der Waals surface area (Å²) in [6, 6.07) is 10.2. The highest BCUT2D eigenvalue weighted by atomic mass is 16.4. The number of hydrogen-bond donors (Lipinski definition) is 1. The molecule has 1 N–H and O–H groups in total. The standard InChI is InChI=1S/C16H17NO3/c18-16(19)15-14(7-9-20-15)11-17-8-3-6-12-4-1-2-5-13(12)10-17/h1-2,4-5,7,9H,3,6,8,10-11H2,(H,18,19). The lowest BCUT2D eigenvalue weighted by molar-refractivity contribution is 0.0659. The van der Waals surface area contributed by atoms with Crippen molar-refractivity contribution < 1.29 is 14.3 Å². The third-order valence-electron chi connectivity index (χ3n) is 3.77. The molecule has 0 radical (unpaired) electrons. The average molecular weight is 271 g/mol. The average Bonchev–Trinajstić information content (AvgIpc) is 2.79. The Morgan fingerprint density at radius 1 is 1.25 bits per heavy atom. The molecule has 4 heteroatoms. The fourth-order valence-corrected chi connectivity index (χ4v) is 2.79. The van der Waals surface area contributed by atoms with E-state index in [4.69, 9.17) is 9.52 Å². The molecule has 1 aromatic heterocycles. The number of fused-ring (bicyclic) bond motifs is 1. The molecule has 0 saturated heterocycles. The van der Waals surface area contributed by atoms with Gasteiger partial charge in [-0.05, 0) is 36.6 Å². The van der Waals surface area contributed by atoms with Crippen molar-refractivity contribution in [1.29, 1.82) is 0 Å². The SMILES string of the molecule is O=C(O)c1occc1CN1CCCc2ccccc2C1. The van der Waals surface area contributed by atoms with Crippen LogP contribution in [0.25, 0.3) is 0 Å². The van der Waals surface area contributed by atoms with Gasteiger partial charge in [0.15, 0.2) is 0 Å². The van der Waals surface area contributed by atoms with Crippen LogP contribution < -0.4 is 0 Å². The Balaban J connectivity index is 1.78. The first-order valence-corrected chi connectivity index (χ1v) is 6.83. The van der Waals surface area contributed by atoms with Gasteiger partial charge in [0.05, 0.1) is 6.26 Å². The number of rotatable bonds is 3. The molecule has 0 bridgehead atoms. The second-order valence-electron chi connectivity index (χ2n) is 5.16. The number of carboxylic acids is 1. The largest absolute Gasteiger partial charge is 0.475 e. The van der Waals surface area contributed by atoms with Crippen LogP contribution in [0.5, 0.6) is 0 Å². The van der Waals surface area contributed by atoms with Crippen LogP contribution in [0.1, 0.15) is 33.7 Å². The van der Waals surface area contributed by atoms with E-state index in [9.17, 15) is 4.79 Å². The van der Waals surface area contributed by atoms with E-state index in [1.807, 2.05) is 0 Å². The summed E-state index contributed by atoms with van der Waals surface area (Å²) in [5, 5.41) is 9.09. The number of carbonyl (C=O) groups is 1. The maximum absolute atomic E-state index is 11.1. The normalized spacial score (nSPS) is 15.6. The van der Waals surface area contributed by atoms with Crippen LogP contribution in [0.4, 0.5) is 0 Å². The van der Waals surface area contributed by atoms with Crippen molar-refractivity contribution in [1.82, 2.24) is 4.90 Å². The Labute approximate surface area is 117 Å². The number of hydrogen-bond acceptors (Lipinski definition) is 3. The number of nitrogens with zero attached hydrogens (tertiary/aromatic N) is 1. The third kappa shape index (κ3) is 2.60. The van der Waals surface area contributed by atoms with Gasteiger partial charge in [-0.25, -0.2) is 4.79 Å². The highest BCUT2D eigenvalue weighted by Gasteiger charge is 2.19. The Morgan fingerprint density at radius 3 is 2.85 bits per heavy atom. The Kier molecular flexibility index (Phi) is 3.56. The number of carboxylic acid groups (broad SMARTS) is 1. The molecule has 0 aliphatic carbocycles. The van der Waals surface area contributed by atoms with Crippen LogP contribution in [0, 0.1) is 0 Å². The highest BCUT2D eigenvalue weighted by molar-refractivity contribution is 5.86. The number of aromatic carboxylic acids is 1. The second kappa shape index (κ2) is 5.51. The van der Waals surface area contributed by atoms with Crippen LogP contribution >= 0.6 is 0 Å². The predicted octanol–water partition coefficient (Wildman–Crippen LogP) is 2.93. The van der Waals surface area contributed by atoms with Crippen molar-refractivity contribution in [3.05, 3.63) is 59.0 Å². The van der Waals surface area contributed by atoms with Gasteiger partial charge in [-0.3, -0.25) is 4.90 Å². The fourth-order valence-electron chi connectivity index (χ4n) is 2.79. The molecular weight excluding hydrogens is 254 g/mol. The monoisotopic (exact) mass is 271 g/mol. The molecule has 4 nitrogen and oxygen atoms in total. The molecule has 0 unspecified atom stereocenters. The molecule has 20 heavy (non-hydrogen) atoms. The highest BCUT2D eigenvalue weighted by Crippen LogP contribution is 2.21. The summed E-state index contributed by atoms with van der Waals surface area (Å²) in [6.45, 7) is 2.45. The summed E-state index contributed by atoms with van der Waals surface area (Å²) >= 11 is 0. The van der Waals surface area contributed by atoms with E-state index in [2.05, 4.69) is 29.2 Å². The van der Waals surface area contributed by atoms with E-state index < -0.39 is 5.97 Å². The summed E-state index contributed by atoms with van der Waals surface area (Å²) in [4.78, 5) is 13.4. The number of furan rings is 1. The van der Waals surface area contributed by atoms with E-state index in [1.165, 1.54) is 17.4 Å². The Hall–Kier alpha value is -2.07. The van der Waals surface area contributed by atoms with Crippen molar-refractivity contribution in [3.8, 4) is 0 Å². The second-order valence-corrected chi connectivity index (χ2v) is 5.16. The third-order valence-corrected chi connectivity index (χ3v) is 3.77. The van der Waals surface area contributed by atoms with Gasteiger partial charge in [-0.1, -0.05) is 24.3 Å². The van der Waals surface area contributed by atoms with E-state index in [0.717, 1.165) is 31.5 Å². The Morgan fingerprint density at radius 2 is 2.05 bits per heavy atom. The molecule has 0 amide bonds. The quantitative estimate of drug-likeness (QED) is 0.932. The van der Waals surface area contributed by atoms with Crippen molar-refractivity contribution in [2.45, 2.75) is 25.9 Å². The van der Waals surface area contributed by atoms with Crippen molar-refractivity contribution in [3.63, 3.8) is 0 Å². The lowest BCUT2D eigenvalue weighted by Crippen LogP contribution is -2.23. The molecule has 0 spiro atoms. The van der Waals surface area contributed by atoms with Crippen LogP contribution in [0.15, 0.2) is 41.0 Å². The van der Waals surface area contributed by atoms with Gasteiger partial charge < -0.3 is 9.52 Å². The minimum absolute atomic E-state index is 0.0579. The molecule has 1 aromatic carbocycles. The molecule has 0 saturated carbocycles. The zero-order valence-corrected chi connectivity index (χ0v) is 11.2. The van der Waals surface area contributed by atoms with Crippen molar-refractivity contribution >= 4 is 5.97 Å². The van der Waals surface area contributed by atoms with Crippen LogP contribution in [-0.4, -0.2) is 22.5 Å². The maximum Gasteiger partial charge on any atom is 0.372 e. The smallest absolute Gasteiger partial charge is 0.372 e. The summed E-state index contributed by atoms with van der Waals surface area (Å²) in [5.74, 6) is -0.942. The van der Waals surface area contributed by atoms with E-state index in [0.29, 0.717) is 6.54 Å². The first-order chi connectivity index (χ1) is 9.74. The molecule has 0 fully saturated rings. The molecule has 1 aliphatic heterocycles. The number of benzene rings is 1. The van der Waals surface area contributed by atoms with Crippen LogP contribution in [0.2, 0.25) is 0 Å². The maximum atomic E-state index is 11.1. The summed E-state index contributed by atoms with van der Waals surface area (Å²) in [6.07, 6.45) is 3.63. The first-order valence-electron chi connectivity index (χ1n) is 6.83. The summed E-state index contributed by atoms with van der Waals surface area (Å²) in [5.41, 5.74) is 3.49. The van der Waals surface area contributed by atoms with Gasteiger partial charge in [-0.2, -0.15) is 0 Å². The molecular formula is C16H17NO3. The minimum atomic E-state index is -1.000. The molecule has 104 valence electrons. The molecule has 2 aromatic rings. The first kappa shape index (κ1) is 12.9. The molecule has 0 atom stereocenters. The van der Waals surface area contributed by atoms with Gasteiger partial charge in [0.2, 0.25) is 5.76 Å². The van der Waals surface area contributed by atoms with Gasteiger partial charge >= 0.3 is 5.97 Å². The summed E-state index contributed by atoms with van der Waals surface area (Å²) in [7, 11) is 0. The van der Waals surface area contributed by atoms with E-state index in [1.54, 1.807) is 6.07 Å². The molecule has 3 rings (SSSR count). The lowest BCUT2D eigenvalue weighted by atomic mass is 10.0. The zero-order chi connectivity index (χ0) is 13.9. The minimum Gasteiger partial charge on any atom is -0.475 e. The van der Waals surface area contributed by atoms with E-state index >= 15 is 0 Å².